The Morgan fingerprint density at radius 1 is 1.43 bits per heavy atom. The number of nitrogens with zero attached hydrogens (tertiary/aromatic N) is 1. The number of anilines is 1. The second-order valence-electron chi connectivity index (χ2n) is 4.79. The Hall–Kier alpha value is -1.99. The summed E-state index contributed by atoms with van der Waals surface area (Å²) in [6, 6.07) is 6.39. The molecule has 0 aliphatic carbocycles. The maximum atomic E-state index is 12.2. The average Bonchev–Trinajstić information content (AvgIpc) is 2.46. The Morgan fingerprint density at radius 2 is 2.17 bits per heavy atom. The van der Waals surface area contributed by atoms with Crippen molar-refractivity contribution in [2.24, 2.45) is 0 Å². The summed E-state index contributed by atoms with van der Waals surface area (Å²) >= 11 is 7.20. The van der Waals surface area contributed by atoms with Gasteiger partial charge in [0.25, 0.3) is 5.56 Å². The molecule has 0 radical (unpaired) electrons. The van der Waals surface area contributed by atoms with Gasteiger partial charge in [-0.1, -0.05) is 23.4 Å². The Balaban J connectivity index is 2.05. The molecule has 8 heteroatoms. The molecule has 2 N–H and O–H groups in total. The molecule has 1 amide bonds. The lowest BCUT2D eigenvalue weighted by atomic mass is 10.3. The number of carbonyl (C=O) groups is 1. The van der Waals surface area contributed by atoms with E-state index in [1.54, 1.807) is 32.0 Å². The van der Waals surface area contributed by atoms with E-state index in [0.717, 1.165) is 0 Å². The Labute approximate surface area is 142 Å². The van der Waals surface area contributed by atoms with E-state index in [1.807, 2.05) is 0 Å². The van der Waals surface area contributed by atoms with Gasteiger partial charge in [0.1, 0.15) is 5.75 Å². The maximum absolute atomic E-state index is 12.2. The molecule has 0 aliphatic heterocycles. The van der Waals surface area contributed by atoms with E-state index in [-0.39, 0.29) is 11.5 Å². The van der Waals surface area contributed by atoms with E-state index < -0.39 is 5.25 Å². The number of nitrogens with one attached hydrogen (secondary N) is 2. The van der Waals surface area contributed by atoms with E-state index in [1.165, 1.54) is 24.9 Å². The highest BCUT2D eigenvalue weighted by Gasteiger charge is 2.16. The van der Waals surface area contributed by atoms with Crippen LogP contribution in [-0.2, 0) is 4.79 Å². The lowest BCUT2D eigenvalue weighted by Gasteiger charge is -2.12. The van der Waals surface area contributed by atoms with Crippen LogP contribution in [0.1, 0.15) is 12.6 Å². The van der Waals surface area contributed by atoms with Crippen LogP contribution in [-0.4, -0.2) is 28.2 Å². The van der Waals surface area contributed by atoms with Crippen molar-refractivity contribution in [3.05, 3.63) is 45.3 Å². The summed E-state index contributed by atoms with van der Waals surface area (Å²) in [5.41, 5.74) is 0.930. The molecule has 0 spiro atoms. The highest BCUT2D eigenvalue weighted by atomic mass is 35.5. The molecule has 0 saturated heterocycles. The molecule has 2 aromatic rings. The van der Waals surface area contributed by atoms with Gasteiger partial charge in [0.05, 0.1) is 17.4 Å². The Morgan fingerprint density at radius 3 is 2.78 bits per heavy atom. The third-order valence-corrected chi connectivity index (χ3v) is 4.20. The van der Waals surface area contributed by atoms with Crippen LogP contribution in [0.3, 0.4) is 0 Å². The predicted molar refractivity (Wildman–Crippen MR) is 91.5 cm³/mol. The smallest absolute Gasteiger partial charge is 0.251 e. The fraction of sp³-hybridized carbons (Fsp3) is 0.267. The molecular weight excluding hydrogens is 338 g/mol. The maximum Gasteiger partial charge on any atom is 0.251 e. The van der Waals surface area contributed by atoms with Crippen LogP contribution in [0.15, 0.2) is 34.2 Å². The van der Waals surface area contributed by atoms with Crippen LogP contribution in [0.4, 0.5) is 5.69 Å². The van der Waals surface area contributed by atoms with Gasteiger partial charge in [0.15, 0.2) is 5.16 Å². The minimum atomic E-state index is -0.444. The zero-order valence-electron chi connectivity index (χ0n) is 12.8. The quantitative estimate of drug-likeness (QED) is 0.637. The molecule has 23 heavy (non-hydrogen) atoms. The van der Waals surface area contributed by atoms with Crippen LogP contribution < -0.4 is 15.6 Å². The van der Waals surface area contributed by atoms with Crippen molar-refractivity contribution in [2.45, 2.75) is 24.3 Å². The van der Waals surface area contributed by atoms with Crippen molar-refractivity contribution >= 4 is 35.0 Å². The summed E-state index contributed by atoms with van der Waals surface area (Å²) in [7, 11) is 1.52. The number of ether oxygens (including phenoxy) is 1. The largest absolute Gasteiger partial charge is 0.495 e. The third kappa shape index (κ3) is 4.74. The number of thioether (sulfide) groups is 1. The molecule has 0 fully saturated rings. The molecule has 1 aromatic heterocycles. The van der Waals surface area contributed by atoms with Crippen molar-refractivity contribution in [3.63, 3.8) is 0 Å². The van der Waals surface area contributed by atoms with Crippen LogP contribution in [0.5, 0.6) is 5.75 Å². The van der Waals surface area contributed by atoms with Crippen LogP contribution >= 0.6 is 23.4 Å². The van der Waals surface area contributed by atoms with Crippen molar-refractivity contribution in [2.75, 3.05) is 12.4 Å². The van der Waals surface area contributed by atoms with Crippen LogP contribution in [0.2, 0.25) is 5.02 Å². The van der Waals surface area contributed by atoms with Gasteiger partial charge in [0.2, 0.25) is 5.91 Å². The topological polar surface area (TPSA) is 84.1 Å². The first-order valence-electron chi connectivity index (χ1n) is 6.78. The van der Waals surface area contributed by atoms with Gasteiger partial charge in [-0.3, -0.25) is 9.59 Å². The minimum absolute atomic E-state index is 0.222. The number of H-pyrrole nitrogens is 1. The summed E-state index contributed by atoms with van der Waals surface area (Å²) in [4.78, 5) is 30.4. The van der Waals surface area contributed by atoms with Crippen molar-refractivity contribution < 1.29 is 9.53 Å². The summed E-state index contributed by atoms with van der Waals surface area (Å²) in [5.74, 6) is 0.314. The Bertz CT molecular complexity index is 779. The molecule has 1 heterocycles. The van der Waals surface area contributed by atoms with E-state index >= 15 is 0 Å². The molecule has 1 atom stereocenters. The minimum Gasteiger partial charge on any atom is -0.495 e. The van der Waals surface area contributed by atoms with Gasteiger partial charge in [-0.25, -0.2) is 4.98 Å². The van der Waals surface area contributed by atoms with E-state index in [9.17, 15) is 9.59 Å². The third-order valence-electron chi connectivity index (χ3n) is 2.92. The van der Waals surface area contributed by atoms with Gasteiger partial charge in [-0.2, -0.15) is 0 Å². The number of halogens is 1. The fourth-order valence-electron chi connectivity index (χ4n) is 1.82. The van der Waals surface area contributed by atoms with E-state index in [0.29, 0.717) is 27.3 Å². The predicted octanol–water partition coefficient (Wildman–Crippen LogP) is 2.86. The number of hydrogen-bond donors (Lipinski definition) is 2. The summed E-state index contributed by atoms with van der Waals surface area (Å²) in [6.45, 7) is 3.46. The first-order valence-corrected chi connectivity index (χ1v) is 8.04. The highest BCUT2D eigenvalue weighted by molar-refractivity contribution is 8.00. The van der Waals surface area contributed by atoms with Crippen LogP contribution in [0, 0.1) is 6.92 Å². The fourth-order valence-corrected chi connectivity index (χ4v) is 2.93. The summed E-state index contributed by atoms with van der Waals surface area (Å²) in [6.07, 6.45) is 0. The van der Waals surface area contributed by atoms with Gasteiger partial charge < -0.3 is 15.0 Å². The van der Waals surface area contributed by atoms with Crippen molar-refractivity contribution in [3.8, 4) is 5.75 Å². The monoisotopic (exact) mass is 353 g/mol. The first-order chi connectivity index (χ1) is 10.9. The highest BCUT2D eigenvalue weighted by Crippen LogP contribution is 2.28. The number of rotatable bonds is 5. The molecular formula is C15H16ClN3O3S. The lowest BCUT2D eigenvalue weighted by molar-refractivity contribution is -0.115. The molecule has 122 valence electrons. The number of hydrogen-bond acceptors (Lipinski definition) is 5. The lowest BCUT2D eigenvalue weighted by Crippen LogP contribution is -2.23. The van der Waals surface area contributed by atoms with Gasteiger partial charge >= 0.3 is 0 Å². The van der Waals surface area contributed by atoms with Gasteiger partial charge in [0, 0.05) is 17.4 Å². The van der Waals surface area contributed by atoms with Crippen molar-refractivity contribution in [1.82, 2.24) is 9.97 Å². The average molecular weight is 354 g/mol. The first kappa shape index (κ1) is 17.4. The van der Waals surface area contributed by atoms with Crippen LogP contribution in [0.25, 0.3) is 0 Å². The second kappa shape index (κ2) is 7.52. The summed E-state index contributed by atoms with van der Waals surface area (Å²) in [5, 5.41) is 3.14. The molecule has 1 aromatic carbocycles. The molecule has 0 bridgehead atoms. The number of carbonyl (C=O) groups excluding carboxylic acids is 1. The second-order valence-corrected chi connectivity index (χ2v) is 6.53. The van der Waals surface area contributed by atoms with Crippen molar-refractivity contribution in [1.29, 1.82) is 0 Å². The number of aromatic nitrogens is 2. The number of amides is 1. The van der Waals surface area contributed by atoms with Gasteiger partial charge in [-0.05, 0) is 32.0 Å². The number of methoxy groups -OCH3 is 1. The number of aryl methyl sites for hydroxylation is 1. The van der Waals surface area contributed by atoms with E-state index in [2.05, 4.69) is 15.3 Å². The molecule has 2 rings (SSSR count). The zero-order chi connectivity index (χ0) is 17.0. The standard InChI is InChI=1S/C15H16ClN3O3S/c1-8-6-13(20)19-15(17-8)23-9(2)14(21)18-10-4-5-12(22-3)11(16)7-10/h4-7,9H,1-3H3,(H,18,21)(H,17,19,20). The molecule has 0 saturated carbocycles. The number of benzene rings is 1. The molecule has 6 nitrogen and oxygen atoms in total. The molecule has 1 unspecified atom stereocenters. The normalized spacial score (nSPS) is 11.8. The van der Waals surface area contributed by atoms with E-state index in [4.69, 9.17) is 16.3 Å². The number of aromatic amines is 1. The zero-order valence-corrected chi connectivity index (χ0v) is 14.4. The SMILES string of the molecule is COc1ccc(NC(=O)C(C)Sc2nc(C)cc(=O)[nH]2)cc1Cl. The van der Waals surface area contributed by atoms with Gasteiger partial charge in [-0.15, -0.1) is 0 Å². The summed E-state index contributed by atoms with van der Waals surface area (Å²) < 4.78 is 5.06. The Kier molecular flexibility index (Phi) is 5.68. The molecule has 0 aliphatic rings.